The molecule has 9 nitrogen and oxygen atoms in total. The standard InChI is InChI=1S/C35H51N5O4/c1-24(33(43)38-27-14-9-6-10-15-27)36-22-31(41)30(18-25-12-7-5-8-13-25)39-34(44)26-19-28(37-23-35(2,3)4)21-29(20-26)40-17-11-16-32(40)42/h5,7-8,12-13,19-21,24,27,30-31,36-37,41H,6,9-11,14-18,22-23H2,1-4H3,(H,38,43)(H,39,44)/t24-,30-,31-/m0/s1. The summed E-state index contributed by atoms with van der Waals surface area (Å²) in [6.45, 7) is 9.64. The van der Waals surface area contributed by atoms with Crippen molar-refractivity contribution in [1.29, 1.82) is 0 Å². The van der Waals surface area contributed by atoms with Crippen LogP contribution in [-0.4, -0.2) is 66.7 Å². The molecular formula is C35H51N5O4. The van der Waals surface area contributed by atoms with E-state index < -0.39 is 18.2 Å². The lowest BCUT2D eigenvalue weighted by atomic mass is 9.95. The predicted molar refractivity (Wildman–Crippen MR) is 176 cm³/mol. The fraction of sp³-hybridized carbons (Fsp3) is 0.571. The Morgan fingerprint density at radius 3 is 2.41 bits per heavy atom. The summed E-state index contributed by atoms with van der Waals surface area (Å²) in [5, 5.41) is 24.1. The molecule has 0 spiro atoms. The molecule has 3 amide bonds. The van der Waals surface area contributed by atoms with Gasteiger partial charge in [-0.25, -0.2) is 0 Å². The summed E-state index contributed by atoms with van der Waals surface area (Å²) >= 11 is 0. The zero-order valence-electron chi connectivity index (χ0n) is 26.8. The molecule has 0 unspecified atom stereocenters. The lowest BCUT2D eigenvalue weighted by Crippen LogP contribution is -2.53. The van der Waals surface area contributed by atoms with Crippen LogP contribution in [0.1, 0.15) is 88.6 Å². The molecule has 0 bridgehead atoms. The van der Waals surface area contributed by atoms with Crippen LogP contribution in [0.3, 0.4) is 0 Å². The summed E-state index contributed by atoms with van der Waals surface area (Å²) in [5.74, 6) is -0.355. The lowest BCUT2D eigenvalue weighted by Gasteiger charge is -2.28. The second-order valence-electron chi connectivity index (χ2n) is 13.6. The lowest BCUT2D eigenvalue weighted by molar-refractivity contribution is -0.123. The molecule has 1 heterocycles. The van der Waals surface area contributed by atoms with Crippen molar-refractivity contribution in [3.05, 3.63) is 59.7 Å². The average Bonchev–Trinajstić information content (AvgIpc) is 3.44. The first-order valence-electron chi connectivity index (χ1n) is 16.2. The summed E-state index contributed by atoms with van der Waals surface area (Å²) in [4.78, 5) is 40.9. The minimum atomic E-state index is -0.953. The number of hydrogen-bond acceptors (Lipinski definition) is 6. The molecule has 1 saturated heterocycles. The van der Waals surface area contributed by atoms with Gasteiger partial charge < -0.3 is 31.3 Å². The van der Waals surface area contributed by atoms with E-state index in [-0.39, 0.29) is 35.7 Å². The van der Waals surface area contributed by atoms with E-state index >= 15 is 0 Å². The zero-order valence-corrected chi connectivity index (χ0v) is 26.8. The average molecular weight is 606 g/mol. The van der Waals surface area contributed by atoms with E-state index in [9.17, 15) is 19.5 Å². The Bertz CT molecular complexity index is 1260. The molecule has 2 aromatic rings. The van der Waals surface area contributed by atoms with Gasteiger partial charge in [-0.2, -0.15) is 0 Å². The van der Waals surface area contributed by atoms with Gasteiger partial charge in [0.1, 0.15) is 0 Å². The number of carbonyl (C=O) groups excluding carboxylic acids is 3. The van der Waals surface area contributed by atoms with Crippen molar-refractivity contribution in [3.8, 4) is 0 Å². The highest BCUT2D eigenvalue weighted by Gasteiger charge is 2.27. The molecular weight excluding hydrogens is 554 g/mol. The predicted octanol–water partition coefficient (Wildman–Crippen LogP) is 4.40. The number of hydrogen-bond donors (Lipinski definition) is 5. The number of nitrogens with zero attached hydrogens (tertiary/aromatic N) is 1. The van der Waals surface area contributed by atoms with Crippen molar-refractivity contribution in [3.63, 3.8) is 0 Å². The smallest absolute Gasteiger partial charge is 0.251 e. The summed E-state index contributed by atoms with van der Waals surface area (Å²) in [5.41, 5.74) is 2.86. The van der Waals surface area contributed by atoms with Gasteiger partial charge in [-0.15, -0.1) is 0 Å². The number of nitrogens with one attached hydrogen (secondary N) is 4. The van der Waals surface area contributed by atoms with Gasteiger partial charge in [-0.05, 0) is 61.8 Å². The third-order valence-electron chi connectivity index (χ3n) is 8.45. The summed E-state index contributed by atoms with van der Waals surface area (Å²) in [6, 6.07) is 14.3. The number of aliphatic hydroxyl groups is 1. The van der Waals surface area contributed by atoms with E-state index in [2.05, 4.69) is 42.0 Å². The monoisotopic (exact) mass is 605 g/mol. The molecule has 2 fully saturated rings. The van der Waals surface area contributed by atoms with Gasteiger partial charge >= 0.3 is 0 Å². The van der Waals surface area contributed by atoms with Gasteiger partial charge in [0.25, 0.3) is 5.91 Å². The molecule has 5 N–H and O–H groups in total. The number of carbonyl (C=O) groups is 3. The number of benzene rings is 2. The van der Waals surface area contributed by atoms with Crippen LogP contribution in [0, 0.1) is 5.41 Å². The van der Waals surface area contributed by atoms with E-state index in [4.69, 9.17) is 0 Å². The number of rotatable bonds is 13. The number of aliphatic hydroxyl groups excluding tert-OH is 1. The summed E-state index contributed by atoms with van der Waals surface area (Å²) in [7, 11) is 0. The Morgan fingerprint density at radius 1 is 1.02 bits per heavy atom. The van der Waals surface area contributed by atoms with Gasteiger partial charge in [0.15, 0.2) is 0 Å². The maximum absolute atomic E-state index is 13.8. The van der Waals surface area contributed by atoms with E-state index in [1.165, 1.54) is 6.42 Å². The molecule has 0 radical (unpaired) electrons. The number of anilines is 2. The minimum Gasteiger partial charge on any atom is -0.390 e. The van der Waals surface area contributed by atoms with Gasteiger partial charge in [-0.3, -0.25) is 14.4 Å². The molecule has 2 aromatic carbocycles. The number of amides is 3. The van der Waals surface area contributed by atoms with Crippen LogP contribution in [0.15, 0.2) is 48.5 Å². The molecule has 44 heavy (non-hydrogen) atoms. The normalized spacial score (nSPS) is 18.0. The van der Waals surface area contributed by atoms with E-state index in [1.807, 2.05) is 36.4 Å². The zero-order chi connectivity index (χ0) is 31.7. The van der Waals surface area contributed by atoms with Crippen molar-refractivity contribution in [2.45, 2.75) is 103 Å². The Morgan fingerprint density at radius 2 is 1.75 bits per heavy atom. The maximum atomic E-state index is 13.8. The van der Waals surface area contributed by atoms with Crippen LogP contribution < -0.4 is 26.2 Å². The van der Waals surface area contributed by atoms with Crippen molar-refractivity contribution < 1.29 is 19.5 Å². The SMILES string of the molecule is C[C@H](NC[C@H](O)[C@H](Cc1ccccc1)NC(=O)c1cc(NCC(C)(C)C)cc(N2CCCC2=O)c1)C(=O)NC1CCCCC1. The minimum absolute atomic E-state index is 0.0181. The van der Waals surface area contributed by atoms with Crippen molar-refractivity contribution in [2.75, 3.05) is 29.9 Å². The van der Waals surface area contributed by atoms with E-state index in [0.717, 1.165) is 43.4 Å². The Hall–Kier alpha value is -3.43. The van der Waals surface area contributed by atoms with Crippen LogP contribution >= 0.6 is 0 Å². The van der Waals surface area contributed by atoms with E-state index in [1.54, 1.807) is 24.0 Å². The first-order valence-corrected chi connectivity index (χ1v) is 16.2. The van der Waals surface area contributed by atoms with Crippen molar-refractivity contribution in [2.24, 2.45) is 5.41 Å². The molecule has 1 saturated carbocycles. The highest BCUT2D eigenvalue weighted by atomic mass is 16.3. The van der Waals surface area contributed by atoms with E-state index in [0.29, 0.717) is 37.2 Å². The van der Waals surface area contributed by atoms with Gasteiger partial charge in [-0.1, -0.05) is 70.4 Å². The van der Waals surface area contributed by atoms with Crippen molar-refractivity contribution in [1.82, 2.24) is 16.0 Å². The van der Waals surface area contributed by atoms with Gasteiger partial charge in [0, 0.05) is 49.0 Å². The molecule has 1 aliphatic carbocycles. The van der Waals surface area contributed by atoms with Gasteiger partial charge in [0.05, 0.1) is 18.2 Å². The van der Waals surface area contributed by atoms with Crippen LogP contribution in [0.2, 0.25) is 0 Å². The fourth-order valence-electron chi connectivity index (χ4n) is 5.80. The highest BCUT2D eigenvalue weighted by molar-refractivity contribution is 6.00. The Balaban J connectivity index is 1.48. The van der Waals surface area contributed by atoms with Crippen molar-refractivity contribution >= 4 is 29.1 Å². The van der Waals surface area contributed by atoms with Crippen LogP contribution in [0.25, 0.3) is 0 Å². The second kappa shape index (κ2) is 15.5. The second-order valence-corrected chi connectivity index (χ2v) is 13.6. The molecule has 0 aromatic heterocycles. The van der Waals surface area contributed by atoms with Crippen LogP contribution in [0.5, 0.6) is 0 Å². The third-order valence-corrected chi connectivity index (χ3v) is 8.45. The first-order chi connectivity index (χ1) is 21.0. The summed E-state index contributed by atoms with van der Waals surface area (Å²) in [6.07, 6.45) is 6.25. The third kappa shape index (κ3) is 10.1. The van der Waals surface area contributed by atoms with Gasteiger partial charge in [0.2, 0.25) is 11.8 Å². The molecule has 3 atom stereocenters. The van der Waals surface area contributed by atoms with Crippen LogP contribution in [0.4, 0.5) is 11.4 Å². The molecule has 1 aliphatic heterocycles. The quantitative estimate of drug-likeness (QED) is 0.231. The Kier molecular flexibility index (Phi) is 11.8. The molecule has 240 valence electrons. The topological polar surface area (TPSA) is 123 Å². The Labute approximate surface area is 262 Å². The molecule has 2 aliphatic rings. The first kappa shape index (κ1) is 33.5. The molecule has 9 heteroatoms. The maximum Gasteiger partial charge on any atom is 0.251 e. The highest BCUT2D eigenvalue weighted by Crippen LogP contribution is 2.28. The van der Waals surface area contributed by atoms with Crippen LogP contribution in [-0.2, 0) is 16.0 Å². The summed E-state index contributed by atoms with van der Waals surface area (Å²) < 4.78 is 0. The molecule has 4 rings (SSSR count). The largest absolute Gasteiger partial charge is 0.390 e. The fourth-order valence-corrected chi connectivity index (χ4v) is 5.80.